The lowest BCUT2D eigenvalue weighted by atomic mass is 10.3. The first kappa shape index (κ1) is 11.8. The highest BCUT2D eigenvalue weighted by Crippen LogP contribution is 2.14. The minimum Gasteiger partial charge on any atom is -0.388 e. The van der Waals surface area contributed by atoms with E-state index in [1.807, 2.05) is 13.8 Å². The third-order valence-electron chi connectivity index (χ3n) is 2.15. The number of β-amino-alcohol motifs (C(OH)–C–C–N with tert-alkyl or cyclic N) is 2. The maximum Gasteiger partial charge on any atom is 0.232 e. The molecular weight excluding hydrogens is 202 g/mol. The highest BCUT2D eigenvalue weighted by Gasteiger charge is 2.32. The summed E-state index contributed by atoms with van der Waals surface area (Å²) in [6.07, 6.45) is -1.55. The van der Waals surface area contributed by atoms with Crippen LogP contribution < -0.4 is 0 Å². The largest absolute Gasteiger partial charge is 0.388 e. The van der Waals surface area contributed by atoms with E-state index in [2.05, 4.69) is 0 Å². The summed E-state index contributed by atoms with van der Waals surface area (Å²) in [5, 5.41) is 18.9. The first-order chi connectivity index (χ1) is 6.50. The number of hydrogen-bond donors (Lipinski definition) is 2. The molecule has 0 aliphatic carbocycles. The number of rotatable bonds is 3. The highest BCUT2D eigenvalue weighted by molar-refractivity contribution is 8.00. The molecule has 0 bridgehead atoms. The van der Waals surface area contributed by atoms with Gasteiger partial charge in [0.05, 0.1) is 18.0 Å². The first-order valence-corrected chi connectivity index (χ1v) is 5.81. The van der Waals surface area contributed by atoms with Gasteiger partial charge < -0.3 is 15.1 Å². The SMILES string of the molecule is CC(C)SCC(=O)N1CC(O)C(O)C1. The van der Waals surface area contributed by atoms with Crippen LogP contribution in [0.1, 0.15) is 13.8 Å². The minimum atomic E-state index is -0.775. The fourth-order valence-corrected chi connectivity index (χ4v) is 1.96. The van der Waals surface area contributed by atoms with Crippen molar-refractivity contribution < 1.29 is 15.0 Å². The van der Waals surface area contributed by atoms with Crippen LogP contribution in [0.2, 0.25) is 0 Å². The minimum absolute atomic E-state index is 0.000648. The highest BCUT2D eigenvalue weighted by atomic mass is 32.2. The van der Waals surface area contributed by atoms with E-state index >= 15 is 0 Å². The molecule has 5 heteroatoms. The Hall–Kier alpha value is -0.260. The molecular formula is C9H17NO3S. The van der Waals surface area contributed by atoms with Crippen LogP contribution in [0.3, 0.4) is 0 Å². The molecule has 14 heavy (non-hydrogen) atoms. The fraction of sp³-hybridized carbons (Fsp3) is 0.889. The van der Waals surface area contributed by atoms with Gasteiger partial charge in [0.15, 0.2) is 0 Å². The Labute approximate surface area is 88.3 Å². The summed E-state index contributed by atoms with van der Waals surface area (Å²) in [4.78, 5) is 13.0. The second kappa shape index (κ2) is 5.00. The van der Waals surface area contributed by atoms with Crippen molar-refractivity contribution in [3.8, 4) is 0 Å². The molecule has 0 spiro atoms. The Balaban J connectivity index is 2.32. The molecule has 1 saturated heterocycles. The van der Waals surface area contributed by atoms with E-state index in [0.717, 1.165) is 0 Å². The van der Waals surface area contributed by atoms with Crippen LogP contribution in [-0.4, -0.2) is 57.3 Å². The number of nitrogens with zero attached hydrogens (tertiary/aromatic N) is 1. The molecule has 1 amide bonds. The van der Waals surface area contributed by atoms with E-state index in [1.54, 1.807) is 11.8 Å². The zero-order valence-corrected chi connectivity index (χ0v) is 9.33. The lowest BCUT2D eigenvalue weighted by molar-refractivity contribution is -0.127. The molecule has 1 aliphatic rings. The van der Waals surface area contributed by atoms with Crippen LogP contribution in [0.5, 0.6) is 0 Å². The van der Waals surface area contributed by atoms with Gasteiger partial charge in [0, 0.05) is 13.1 Å². The summed E-state index contributed by atoms with van der Waals surface area (Å²) in [6.45, 7) is 4.59. The van der Waals surface area contributed by atoms with Gasteiger partial charge >= 0.3 is 0 Å². The van der Waals surface area contributed by atoms with Crippen LogP contribution >= 0.6 is 11.8 Å². The van der Waals surface area contributed by atoms with Crippen LogP contribution in [0.25, 0.3) is 0 Å². The predicted molar refractivity (Wildman–Crippen MR) is 56.2 cm³/mol. The molecule has 1 aliphatic heterocycles. The Morgan fingerprint density at radius 1 is 1.43 bits per heavy atom. The molecule has 1 fully saturated rings. The van der Waals surface area contributed by atoms with Crippen LogP contribution in [0.4, 0.5) is 0 Å². The number of carbonyl (C=O) groups excluding carboxylic acids is 1. The van der Waals surface area contributed by atoms with Gasteiger partial charge in [0.2, 0.25) is 5.91 Å². The number of carbonyl (C=O) groups is 1. The smallest absolute Gasteiger partial charge is 0.232 e. The van der Waals surface area contributed by atoms with Gasteiger partial charge in [-0.15, -0.1) is 11.8 Å². The number of thioether (sulfide) groups is 1. The van der Waals surface area contributed by atoms with Crippen molar-refractivity contribution in [2.75, 3.05) is 18.8 Å². The van der Waals surface area contributed by atoms with Crippen molar-refractivity contribution in [1.82, 2.24) is 4.90 Å². The van der Waals surface area contributed by atoms with E-state index in [4.69, 9.17) is 0 Å². The van der Waals surface area contributed by atoms with Gasteiger partial charge in [0.25, 0.3) is 0 Å². The van der Waals surface area contributed by atoms with Crippen LogP contribution in [0, 0.1) is 0 Å². The quantitative estimate of drug-likeness (QED) is 0.683. The first-order valence-electron chi connectivity index (χ1n) is 4.76. The second-order valence-electron chi connectivity index (χ2n) is 3.79. The van der Waals surface area contributed by atoms with Crippen molar-refractivity contribution >= 4 is 17.7 Å². The van der Waals surface area contributed by atoms with Gasteiger partial charge in [-0.3, -0.25) is 4.79 Å². The average Bonchev–Trinajstić information content (AvgIpc) is 2.43. The second-order valence-corrected chi connectivity index (χ2v) is 5.36. The molecule has 0 saturated carbocycles. The number of amides is 1. The third-order valence-corrected chi connectivity index (χ3v) is 3.23. The van der Waals surface area contributed by atoms with Crippen molar-refractivity contribution in [1.29, 1.82) is 0 Å². The van der Waals surface area contributed by atoms with Gasteiger partial charge in [0.1, 0.15) is 0 Å². The van der Waals surface area contributed by atoms with E-state index < -0.39 is 12.2 Å². The Morgan fingerprint density at radius 2 is 1.93 bits per heavy atom. The van der Waals surface area contributed by atoms with Gasteiger partial charge in [-0.2, -0.15) is 0 Å². The van der Waals surface area contributed by atoms with Gasteiger partial charge in [-0.05, 0) is 5.25 Å². The molecule has 1 heterocycles. The topological polar surface area (TPSA) is 60.8 Å². The lowest BCUT2D eigenvalue weighted by Gasteiger charge is -2.15. The number of aliphatic hydroxyl groups is 2. The van der Waals surface area contributed by atoms with Crippen molar-refractivity contribution in [3.63, 3.8) is 0 Å². The zero-order chi connectivity index (χ0) is 10.7. The van der Waals surface area contributed by atoms with E-state index in [9.17, 15) is 15.0 Å². The molecule has 2 N–H and O–H groups in total. The number of aliphatic hydroxyl groups excluding tert-OH is 2. The third kappa shape index (κ3) is 3.15. The number of hydrogen-bond acceptors (Lipinski definition) is 4. The van der Waals surface area contributed by atoms with E-state index in [1.165, 1.54) is 4.90 Å². The van der Waals surface area contributed by atoms with Crippen LogP contribution in [0.15, 0.2) is 0 Å². The molecule has 0 radical (unpaired) electrons. The molecule has 2 unspecified atom stereocenters. The summed E-state index contributed by atoms with van der Waals surface area (Å²) >= 11 is 1.57. The Kier molecular flexibility index (Phi) is 4.22. The van der Waals surface area contributed by atoms with E-state index in [0.29, 0.717) is 11.0 Å². The zero-order valence-electron chi connectivity index (χ0n) is 8.51. The summed E-state index contributed by atoms with van der Waals surface area (Å²) in [5.74, 6) is 0.427. The van der Waals surface area contributed by atoms with Gasteiger partial charge in [-0.25, -0.2) is 0 Å². The predicted octanol–water partition coefficient (Wildman–Crippen LogP) is -0.308. The molecule has 0 aromatic rings. The monoisotopic (exact) mass is 219 g/mol. The van der Waals surface area contributed by atoms with Crippen molar-refractivity contribution in [2.24, 2.45) is 0 Å². The maximum atomic E-state index is 11.5. The average molecular weight is 219 g/mol. The normalized spacial score (nSPS) is 27.4. The maximum absolute atomic E-state index is 11.5. The van der Waals surface area contributed by atoms with Gasteiger partial charge in [-0.1, -0.05) is 13.8 Å². The molecule has 4 nitrogen and oxygen atoms in total. The van der Waals surface area contributed by atoms with Crippen LogP contribution in [-0.2, 0) is 4.79 Å². The molecule has 0 aromatic carbocycles. The van der Waals surface area contributed by atoms with E-state index in [-0.39, 0.29) is 19.0 Å². The Bertz CT molecular complexity index is 200. The molecule has 2 atom stereocenters. The molecule has 82 valence electrons. The number of likely N-dealkylation sites (tertiary alicyclic amines) is 1. The Morgan fingerprint density at radius 3 is 2.36 bits per heavy atom. The lowest BCUT2D eigenvalue weighted by Crippen LogP contribution is -2.31. The summed E-state index contributed by atoms with van der Waals surface area (Å²) < 4.78 is 0. The molecule has 1 rings (SSSR count). The summed E-state index contributed by atoms with van der Waals surface area (Å²) in [6, 6.07) is 0. The summed E-state index contributed by atoms with van der Waals surface area (Å²) in [7, 11) is 0. The summed E-state index contributed by atoms with van der Waals surface area (Å²) in [5.41, 5.74) is 0. The standard InChI is InChI=1S/C9H17NO3S/c1-6(2)14-5-9(13)10-3-7(11)8(12)4-10/h6-8,11-12H,3-5H2,1-2H3. The van der Waals surface area contributed by atoms with Crippen molar-refractivity contribution in [2.45, 2.75) is 31.3 Å². The molecule has 0 aromatic heterocycles. The van der Waals surface area contributed by atoms with Crippen molar-refractivity contribution in [3.05, 3.63) is 0 Å². The fourth-order valence-electron chi connectivity index (χ4n) is 1.30.